The number of nitrogens with one attached hydrogen (secondary N) is 1. The summed E-state index contributed by atoms with van der Waals surface area (Å²) in [5.41, 5.74) is 3.78. The van der Waals surface area contributed by atoms with Crippen LogP contribution in [0.3, 0.4) is 0 Å². The van der Waals surface area contributed by atoms with E-state index < -0.39 is 0 Å². The van der Waals surface area contributed by atoms with Gasteiger partial charge in [0.05, 0.1) is 11.3 Å². The minimum absolute atomic E-state index is 0.0599. The predicted octanol–water partition coefficient (Wildman–Crippen LogP) is 3.98. The number of ether oxygens (including phenoxy) is 1. The highest BCUT2D eigenvalue weighted by Crippen LogP contribution is 2.24. The summed E-state index contributed by atoms with van der Waals surface area (Å²) in [6, 6.07) is 18.3. The van der Waals surface area contributed by atoms with E-state index in [9.17, 15) is 4.79 Å². The van der Waals surface area contributed by atoms with Crippen molar-refractivity contribution in [2.24, 2.45) is 0 Å². The van der Waals surface area contributed by atoms with Crippen molar-refractivity contribution < 1.29 is 14.1 Å². The maximum Gasteiger partial charge on any atom is 0.251 e. The molecule has 1 amide bonds. The first-order chi connectivity index (χ1) is 16.5. The Morgan fingerprint density at radius 1 is 1.12 bits per heavy atom. The number of piperazine rings is 1. The Kier molecular flexibility index (Phi) is 7.98. The van der Waals surface area contributed by atoms with E-state index in [0.29, 0.717) is 30.5 Å². The van der Waals surface area contributed by atoms with Gasteiger partial charge < -0.3 is 19.5 Å². The van der Waals surface area contributed by atoms with Crippen molar-refractivity contribution in [3.63, 3.8) is 0 Å². The van der Waals surface area contributed by atoms with Gasteiger partial charge in [0.25, 0.3) is 5.91 Å². The Labute approximate surface area is 201 Å². The molecular weight excluding hydrogens is 428 g/mol. The zero-order chi connectivity index (χ0) is 23.9. The Morgan fingerprint density at radius 3 is 2.59 bits per heavy atom. The molecule has 1 aromatic heterocycles. The van der Waals surface area contributed by atoms with Gasteiger partial charge in [0.15, 0.2) is 0 Å². The molecule has 1 atom stereocenters. The Hall–Kier alpha value is -3.16. The lowest BCUT2D eigenvalue weighted by Crippen LogP contribution is -2.47. The Bertz CT molecular complexity index is 1050. The van der Waals surface area contributed by atoms with Gasteiger partial charge >= 0.3 is 0 Å². The minimum atomic E-state index is -0.0599. The quantitative estimate of drug-likeness (QED) is 0.485. The highest BCUT2D eigenvalue weighted by Gasteiger charge is 2.26. The fraction of sp³-hybridized carbons (Fsp3) is 0.407. The largest absolute Gasteiger partial charge is 0.489 e. The maximum absolute atomic E-state index is 12.6. The smallest absolute Gasteiger partial charge is 0.251 e. The predicted molar refractivity (Wildman–Crippen MR) is 132 cm³/mol. The van der Waals surface area contributed by atoms with Gasteiger partial charge in [-0.05, 0) is 57.1 Å². The molecular formula is C27H34N4O3. The molecule has 180 valence electrons. The normalized spacial score (nSPS) is 17.0. The third-order valence-corrected chi connectivity index (χ3v) is 6.47. The summed E-state index contributed by atoms with van der Waals surface area (Å²) in [5, 5.41) is 6.99. The van der Waals surface area contributed by atoms with Crippen molar-refractivity contribution in [2.45, 2.75) is 32.9 Å². The van der Waals surface area contributed by atoms with Crippen LogP contribution in [0.2, 0.25) is 0 Å². The third-order valence-electron chi connectivity index (χ3n) is 6.47. The molecule has 0 saturated carbocycles. The second-order valence-corrected chi connectivity index (χ2v) is 8.95. The van der Waals surface area contributed by atoms with Crippen molar-refractivity contribution in [3.8, 4) is 5.75 Å². The second-order valence-electron chi connectivity index (χ2n) is 8.95. The minimum Gasteiger partial charge on any atom is -0.489 e. The molecule has 1 saturated heterocycles. The number of hydrogen-bond donors (Lipinski definition) is 1. The molecule has 7 nitrogen and oxygen atoms in total. The molecule has 0 radical (unpaired) electrons. The Morgan fingerprint density at radius 2 is 1.88 bits per heavy atom. The number of amides is 1. The van der Waals surface area contributed by atoms with Crippen LogP contribution in [-0.2, 0) is 6.61 Å². The van der Waals surface area contributed by atoms with Crippen LogP contribution in [-0.4, -0.2) is 60.6 Å². The molecule has 4 rings (SSSR count). The molecule has 0 spiro atoms. The van der Waals surface area contributed by atoms with Gasteiger partial charge in [0.2, 0.25) is 0 Å². The number of hydrogen-bond acceptors (Lipinski definition) is 6. The average Bonchev–Trinajstić information content (AvgIpc) is 3.18. The molecule has 1 aliphatic rings. The summed E-state index contributed by atoms with van der Waals surface area (Å²) in [4.78, 5) is 17.5. The number of rotatable bonds is 9. The van der Waals surface area contributed by atoms with Gasteiger partial charge in [-0.1, -0.05) is 35.5 Å². The first-order valence-corrected chi connectivity index (χ1v) is 11.9. The first-order valence-electron chi connectivity index (χ1n) is 11.9. The molecule has 7 heteroatoms. The van der Waals surface area contributed by atoms with E-state index in [1.165, 1.54) is 5.56 Å². The first kappa shape index (κ1) is 24.0. The van der Waals surface area contributed by atoms with Gasteiger partial charge in [0, 0.05) is 44.3 Å². The topological polar surface area (TPSA) is 70.8 Å². The average molecular weight is 463 g/mol. The summed E-state index contributed by atoms with van der Waals surface area (Å²) >= 11 is 0. The van der Waals surface area contributed by atoms with Crippen LogP contribution in [0, 0.1) is 13.8 Å². The number of benzene rings is 2. The molecule has 3 aromatic rings. The number of nitrogens with zero attached hydrogens (tertiary/aromatic N) is 3. The van der Waals surface area contributed by atoms with Gasteiger partial charge in [-0.15, -0.1) is 0 Å². The third kappa shape index (κ3) is 6.04. The fourth-order valence-electron chi connectivity index (χ4n) is 4.37. The van der Waals surface area contributed by atoms with Crippen LogP contribution in [0.25, 0.3) is 0 Å². The standard InChI is InChI=1S/C27H34N4O3/c1-20-25(21(2)34-29-20)19-33-24-12-10-23(11-13-24)27(32)28-14-7-15-31-17-16-30(3)18-26(31)22-8-5-4-6-9-22/h4-6,8-13,26H,7,14-19H2,1-3H3,(H,28,32). The van der Waals surface area contributed by atoms with Crippen LogP contribution in [0.1, 0.15) is 45.4 Å². The van der Waals surface area contributed by atoms with Crippen molar-refractivity contribution in [1.29, 1.82) is 0 Å². The molecule has 34 heavy (non-hydrogen) atoms. The molecule has 2 heterocycles. The van der Waals surface area contributed by atoms with Crippen LogP contribution in [0.4, 0.5) is 0 Å². The van der Waals surface area contributed by atoms with Crippen molar-refractivity contribution in [1.82, 2.24) is 20.3 Å². The van der Waals surface area contributed by atoms with Gasteiger partial charge in [-0.25, -0.2) is 0 Å². The number of carbonyl (C=O) groups excluding carboxylic acids is 1. The van der Waals surface area contributed by atoms with E-state index >= 15 is 0 Å². The summed E-state index contributed by atoms with van der Waals surface area (Å²) in [6.07, 6.45) is 0.914. The lowest BCUT2D eigenvalue weighted by atomic mass is 10.0. The Balaban J connectivity index is 1.23. The fourth-order valence-corrected chi connectivity index (χ4v) is 4.37. The lowest BCUT2D eigenvalue weighted by Gasteiger charge is -2.40. The number of carbonyl (C=O) groups is 1. The molecule has 1 N–H and O–H groups in total. The highest BCUT2D eigenvalue weighted by atomic mass is 16.5. The van der Waals surface area contributed by atoms with Crippen LogP contribution >= 0.6 is 0 Å². The van der Waals surface area contributed by atoms with E-state index in [1.54, 1.807) is 12.1 Å². The van der Waals surface area contributed by atoms with Crippen LogP contribution in [0.15, 0.2) is 59.1 Å². The SMILES string of the molecule is Cc1noc(C)c1COc1ccc(C(=O)NCCCN2CCN(C)CC2c2ccccc2)cc1. The summed E-state index contributed by atoms with van der Waals surface area (Å²) in [6.45, 7) is 8.91. The molecule has 0 aliphatic carbocycles. The van der Waals surface area contributed by atoms with Crippen LogP contribution < -0.4 is 10.1 Å². The number of aromatic nitrogens is 1. The second kappa shape index (κ2) is 11.3. The molecule has 0 bridgehead atoms. The van der Waals surface area contributed by atoms with Crippen LogP contribution in [0.5, 0.6) is 5.75 Å². The van der Waals surface area contributed by atoms with E-state index in [-0.39, 0.29) is 5.91 Å². The molecule has 2 aromatic carbocycles. The highest BCUT2D eigenvalue weighted by molar-refractivity contribution is 5.94. The van der Waals surface area contributed by atoms with Crippen molar-refractivity contribution in [2.75, 3.05) is 39.8 Å². The monoisotopic (exact) mass is 462 g/mol. The lowest BCUT2D eigenvalue weighted by molar-refractivity contribution is 0.0866. The molecule has 1 unspecified atom stereocenters. The summed E-state index contributed by atoms with van der Waals surface area (Å²) in [5.74, 6) is 1.41. The van der Waals surface area contributed by atoms with Gasteiger partial charge in [-0.2, -0.15) is 0 Å². The van der Waals surface area contributed by atoms with Crippen molar-refractivity contribution >= 4 is 5.91 Å². The summed E-state index contributed by atoms with van der Waals surface area (Å²) < 4.78 is 11.0. The number of likely N-dealkylation sites (N-methyl/N-ethyl adjacent to an activating group) is 1. The van der Waals surface area contributed by atoms with E-state index in [2.05, 4.69) is 57.7 Å². The van der Waals surface area contributed by atoms with E-state index in [0.717, 1.165) is 49.6 Å². The van der Waals surface area contributed by atoms with Gasteiger partial charge in [0.1, 0.15) is 18.1 Å². The van der Waals surface area contributed by atoms with Gasteiger partial charge in [-0.3, -0.25) is 9.69 Å². The van der Waals surface area contributed by atoms with Crippen molar-refractivity contribution in [3.05, 3.63) is 82.7 Å². The zero-order valence-electron chi connectivity index (χ0n) is 20.3. The summed E-state index contributed by atoms with van der Waals surface area (Å²) in [7, 11) is 2.18. The number of aryl methyl sites for hydroxylation is 2. The zero-order valence-corrected chi connectivity index (χ0v) is 20.3. The molecule has 1 aliphatic heterocycles. The maximum atomic E-state index is 12.6. The van der Waals surface area contributed by atoms with E-state index in [1.807, 2.05) is 26.0 Å². The van der Waals surface area contributed by atoms with E-state index in [4.69, 9.17) is 9.26 Å². The molecule has 1 fully saturated rings.